The molecule has 26 heavy (non-hydrogen) atoms. The van der Waals surface area contributed by atoms with Gasteiger partial charge in [0.25, 0.3) is 0 Å². The minimum Gasteiger partial charge on any atom is -0.339 e. The summed E-state index contributed by atoms with van der Waals surface area (Å²) in [6.45, 7) is 0. The molecular formula is C15H10F4IN5O. The summed E-state index contributed by atoms with van der Waals surface area (Å²) in [5.41, 5.74) is 1.40. The smallest absolute Gasteiger partial charge is 0.339 e. The maximum absolute atomic E-state index is 13.4. The van der Waals surface area contributed by atoms with Crippen LogP contribution >= 0.6 is 22.6 Å². The number of imidazole rings is 1. The quantitative estimate of drug-likeness (QED) is 0.132. The van der Waals surface area contributed by atoms with Crippen LogP contribution in [-0.4, -0.2) is 26.0 Å². The van der Waals surface area contributed by atoms with Crippen LogP contribution in [0.1, 0.15) is 17.0 Å². The Balaban J connectivity index is 2.11. The van der Waals surface area contributed by atoms with Gasteiger partial charge in [-0.25, -0.2) is 19.4 Å². The number of pyridine rings is 1. The highest BCUT2D eigenvalue weighted by Gasteiger charge is 2.34. The summed E-state index contributed by atoms with van der Waals surface area (Å²) in [5, 5.41) is 9.41. The van der Waals surface area contributed by atoms with E-state index >= 15 is 0 Å². The number of benzene rings is 1. The van der Waals surface area contributed by atoms with E-state index < -0.39 is 17.6 Å². The first-order valence-electron chi connectivity index (χ1n) is 7.09. The van der Waals surface area contributed by atoms with E-state index in [4.69, 9.17) is 0 Å². The van der Waals surface area contributed by atoms with Crippen molar-refractivity contribution in [3.63, 3.8) is 0 Å². The van der Waals surface area contributed by atoms with Gasteiger partial charge in [-0.1, -0.05) is 22.6 Å². The number of nitrogens with zero attached hydrogens (tertiary/aromatic N) is 3. The Morgan fingerprint density at radius 3 is 2.73 bits per heavy atom. The van der Waals surface area contributed by atoms with Crippen LogP contribution in [0.25, 0.3) is 11.2 Å². The second-order valence-corrected chi connectivity index (χ2v) is 5.87. The van der Waals surface area contributed by atoms with Gasteiger partial charge < -0.3 is 4.98 Å². The molecule has 2 heterocycles. The average Bonchev–Trinajstić information content (AvgIpc) is 3.03. The molecule has 6 nitrogen and oxygen atoms in total. The number of hydrogen-bond donors (Lipinski definition) is 3. The number of fused-ring (bicyclic) bond motifs is 1. The predicted molar refractivity (Wildman–Crippen MR) is 94.1 cm³/mol. The van der Waals surface area contributed by atoms with Crippen LogP contribution in [0.15, 0.2) is 35.5 Å². The Morgan fingerprint density at radius 2 is 2.08 bits per heavy atom. The summed E-state index contributed by atoms with van der Waals surface area (Å²) in [5.74, 6) is -0.902. The molecule has 3 N–H and O–H groups in total. The van der Waals surface area contributed by atoms with E-state index in [1.54, 1.807) is 0 Å². The molecule has 0 aliphatic heterocycles. The third-order valence-electron chi connectivity index (χ3n) is 3.42. The van der Waals surface area contributed by atoms with Gasteiger partial charge in [-0.3, -0.25) is 10.7 Å². The summed E-state index contributed by atoms with van der Waals surface area (Å²) in [6.07, 6.45) is -3.43. The minimum absolute atomic E-state index is 0.138. The summed E-state index contributed by atoms with van der Waals surface area (Å²) in [6, 6.07) is 3.81. The highest BCUT2D eigenvalue weighted by atomic mass is 127. The number of halogens is 5. The topological polar surface area (TPSA) is 86.2 Å². The number of H-pyrrole nitrogens is 1. The largest absolute Gasteiger partial charge is 0.419 e. The second-order valence-electron chi connectivity index (χ2n) is 5.11. The molecule has 136 valence electrons. The first-order chi connectivity index (χ1) is 12.3. The van der Waals surface area contributed by atoms with Gasteiger partial charge in [0.05, 0.1) is 21.2 Å². The Kier molecular flexibility index (Phi) is 5.09. The zero-order valence-electron chi connectivity index (χ0n) is 12.8. The SMILES string of the molecule is ONC(=Nc1ccc(F)c(C(F)(F)F)c1)c1ccnc2nc(CI)[nH]c12. The molecule has 0 saturated heterocycles. The maximum atomic E-state index is 13.4. The van der Waals surface area contributed by atoms with Crippen LogP contribution in [0.5, 0.6) is 0 Å². The molecule has 0 bridgehead atoms. The molecule has 1 aromatic carbocycles. The van der Waals surface area contributed by atoms with E-state index in [0.717, 1.165) is 6.07 Å². The summed E-state index contributed by atoms with van der Waals surface area (Å²) in [7, 11) is 0. The highest BCUT2D eigenvalue weighted by Crippen LogP contribution is 2.33. The number of hydrogen-bond acceptors (Lipinski definition) is 4. The third-order valence-corrected chi connectivity index (χ3v) is 4.15. The molecule has 0 saturated carbocycles. The van der Waals surface area contributed by atoms with E-state index in [0.29, 0.717) is 39.1 Å². The van der Waals surface area contributed by atoms with Crippen molar-refractivity contribution in [1.29, 1.82) is 0 Å². The fourth-order valence-corrected chi connectivity index (χ4v) is 2.66. The molecule has 2 aromatic heterocycles. The van der Waals surface area contributed by atoms with Crippen molar-refractivity contribution in [3.8, 4) is 0 Å². The van der Waals surface area contributed by atoms with E-state index in [1.165, 1.54) is 12.3 Å². The van der Waals surface area contributed by atoms with Crippen molar-refractivity contribution in [1.82, 2.24) is 20.4 Å². The maximum Gasteiger partial charge on any atom is 0.419 e. The molecule has 0 radical (unpaired) electrons. The molecule has 0 atom stereocenters. The number of alkyl halides is 4. The molecule has 0 spiro atoms. The van der Waals surface area contributed by atoms with Crippen LogP contribution in [0.4, 0.5) is 23.2 Å². The number of aromatic nitrogens is 3. The van der Waals surface area contributed by atoms with E-state index in [-0.39, 0.29) is 11.5 Å². The van der Waals surface area contributed by atoms with Crippen molar-refractivity contribution < 1.29 is 22.8 Å². The van der Waals surface area contributed by atoms with Crippen molar-refractivity contribution in [3.05, 3.63) is 53.2 Å². The number of aromatic amines is 1. The Labute approximate surface area is 157 Å². The summed E-state index contributed by atoms with van der Waals surface area (Å²) in [4.78, 5) is 15.3. The van der Waals surface area contributed by atoms with Gasteiger partial charge in [0, 0.05) is 11.8 Å². The lowest BCUT2D eigenvalue weighted by Gasteiger charge is -2.10. The Hall–Kier alpha value is -2.28. The van der Waals surface area contributed by atoms with Gasteiger partial charge in [0.15, 0.2) is 11.5 Å². The third kappa shape index (κ3) is 3.62. The Morgan fingerprint density at radius 1 is 1.31 bits per heavy atom. The highest BCUT2D eigenvalue weighted by molar-refractivity contribution is 14.1. The number of aliphatic imine (C=N–C) groups is 1. The van der Waals surface area contributed by atoms with Crippen LogP contribution in [0, 0.1) is 5.82 Å². The molecule has 0 unspecified atom stereocenters. The van der Waals surface area contributed by atoms with Gasteiger partial charge in [-0.15, -0.1) is 0 Å². The molecule has 0 amide bonds. The lowest BCUT2D eigenvalue weighted by molar-refractivity contribution is -0.139. The first-order valence-corrected chi connectivity index (χ1v) is 8.61. The van der Waals surface area contributed by atoms with Gasteiger partial charge in [-0.2, -0.15) is 13.2 Å². The zero-order valence-corrected chi connectivity index (χ0v) is 14.9. The second kappa shape index (κ2) is 7.15. The number of hydroxylamine groups is 1. The zero-order chi connectivity index (χ0) is 18.9. The van der Waals surface area contributed by atoms with Gasteiger partial charge in [0.2, 0.25) is 0 Å². The standard InChI is InChI=1S/C15H10F4IN5O/c16-10-2-1-7(5-9(10)15(17,18)19)22-13(25-26)8-3-4-21-14-12(8)23-11(6-20)24-14/h1-5,26H,6H2,(H,22,25)(H,21,23,24). The van der Waals surface area contributed by atoms with Crippen LogP contribution in [0.2, 0.25) is 0 Å². The van der Waals surface area contributed by atoms with Crippen molar-refractivity contribution in [2.24, 2.45) is 4.99 Å². The normalized spacial score (nSPS) is 12.6. The van der Waals surface area contributed by atoms with E-state index in [1.807, 2.05) is 5.48 Å². The fourth-order valence-electron chi connectivity index (χ4n) is 2.29. The molecule has 3 aromatic rings. The van der Waals surface area contributed by atoms with Crippen molar-refractivity contribution in [2.75, 3.05) is 0 Å². The fraction of sp³-hybridized carbons (Fsp3) is 0.133. The average molecular weight is 479 g/mol. The monoisotopic (exact) mass is 479 g/mol. The molecule has 11 heteroatoms. The molecule has 0 aliphatic carbocycles. The molecule has 0 fully saturated rings. The van der Waals surface area contributed by atoms with Crippen molar-refractivity contribution >= 4 is 45.3 Å². The Bertz CT molecular complexity index is 986. The van der Waals surface area contributed by atoms with Crippen LogP contribution < -0.4 is 5.48 Å². The van der Waals surface area contributed by atoms with Crippen LogP contribution in [0.3, 0.4) is 0 Å². The van der Waals surface area contributed by atoms with Crippen molar-refractivity contribution in [2.45, 2.75) is 10.6 Å². The molecular weight excluding hydrogens is 469 g/mol. The molecule has 0 aliphatic rings. The van der Waals surface area contributed by atoms with Crippen LogP contribution in [-0.2, 0) is 10.6 Å². The van der Waals surface area contributed by atoms with E-state index in [9.17, 15) is 22.8 Å². The number of nitrogens with one attached hydrogen (secondary N) is 2. The van der Waals surface area contributed by atoms with Gasteiger partial charge in [0.1, 0.15) is 11.6 Å². The lowest BCUT2D eigenvalue weighted by Crippen LogP contribution is -2.20. The first kappa shape index (κ1) is 18.5. The number of rotatable bonds is 3. The minimum atomic E-state index is -4.86. The molecule has 3 rings (SSSR count). The lowest BCUT2D eigenvalue weighted by atomic mass is 10.1. The number of amidine groups is 1. The van der Waals surface area contributed by atoms with Gasteiger partial charge >= 0.3 is 6.18 Å². The van der Waals surface area contributed by atoms with E-state index in [2.05, 4.69) is 42.5 Å². The van der Waals surface area contributed by atoms with Gasteiger partial charge in [-0.05, 0) is 24.3 Å². The predicted octanol–water partition coefficient (Wildman–Crippen LogP) is 4.11. The summed E-state index contributed by atoms with van der Waals surface area (Å²) >= 11 is 2.10. The summed E-state index contributed by atoms with van der Waals surface area (Å²) < 4.78 is 52.5.